The van der Waals surface area contributed by atoms with Crippen LogP contribution in [0, 0.1) is 0 Å². The number of benzene rings is 1. The molecule has 0 heterocycles. The van der Waals surface area contributed by atoms with Gasteiger partial charge in [-0.15, -0.1) is 0 Å². The van der Waals surface area contributed by atoms with E-state index in [0.29, 0.717) is 24.5 Å². The number of ether oxygens (including phenoxy) is 2. The molecule has 20 heavy (non-hydrogen) atoms. The third-order valence-corrected chi connectivity index (χ3v) is 2.01. The van der Waals surface area contributed by atoms with Crippen molar-refractivity contribution in [1.29, 1.82) is 0 Å². The number of carbonyl (C=O) groups is 2. The van der Waals surface area contributed by atoms with Crippen LogP contribution in [0.4, 0.5) is 4.79 Å². The second-order valence-electron chi connectivity index (χ2n) is 3.76. The van der Waals surface area contributed by atoms with Gasteiger partial charge in [0, 0.05) is 0 Å². The highest BCUT2D eigenvalue weighted by Gasteiger charge is 2.12. The SMILES string of the molecule is CCCOC(=O)c1ccccc1OCCC.O=C(O)O. The molecule has 112 valence electrons. The zero-order chi connectivity index (χ0) is 15.4. The number of para-hydroxylation sites is 1. The number of carboxylic acid groups (broad SMARTS) is 2. The molecule has 0 spiro atoms. The Labute approximate surface area is 117 Å². The van der Waals surface area contributed by atoms with Gasteiger partial charge in [0.05, 0.1) is 13.2 Å². The maximum atomic E-state index is 11.7. The molecule has 0 aliphatic heterocycles. The van der Waals surface area contributed by atoms with Crippen LogP contribution in [-0.2, 0) is 4.74 Å². The molecule has 0 atom stereocenters. The molecule has 0 fully saturated rings. The monoisotopic (exact) mass is 284 g/mol. The van der Waals surface area contributed by atoms with E-state index in [2.05, 4.69) is 0 Å². The first-order valence-electron chi connectivity index (χ1n) is 6.33. The average Bonchev–Trinajstić information content (AvgIpc) is 2.42. The maximum Gasteiger partial charge on any atom is 0.503 e. The van der Waals surface area contributed by atoms with E-state index in [0.717, 1.165) is 12.8 Å². The zero-order valence-corrected chi connectivity index (χ0v) is 11.7. The highest BCUT2D eigenvalue weighted by atomic mass is 16.6. The minimum Gasteiger partial charge on any atom is -0.493 e. The molecule has 1 aromatic carbocycles. The summed E-state index contributed by atoms with van der Waals surface area (Å²) in [5.74, 6) is 0.291. The van der Waals surface area contributed by atoms with Crippen molar-refractivity contribution in [2.24, 2.45) is 0 Å². The Bertz CT molecular complexity index is 412. The molecule has 0 amide bonds. The van der Waals surface area contributed by atoms with Crippen molar-refractivity contribution in [3.05, 3.63) is 29.8 Å². The molecule has 6 heteroatoms. The Hall–Kier alpha value is -2.24. The number of rotatable bonds is 6. The molecule has 0 aliphatic carbocycles. The zero-order valence-electron chi connectivity index (χ0n) is 11.7. The van der Waals surface area contributed by atoms with Gasteiger partial charge in [-0.3, -0.25) is 0 Å². The summed E-state index contributed by atoms with van der Waals surface area (Å²) in [6.45, 7) is 5.05. The molecule has 0 saturated heterocycles. The maximum absolute atomic E-state index is 11.7. The second kappa shape index (κ2) is 10.7. The molecule has 0 aromatic heterocycles. The molecule has 0 aliphatic rings. The first-order chi connectivity index (χ1) is 9.52. The van der Waals surface area contributed by atoms with Gasteiger partial charge in [-0.2, -0.15) is 0 Å². The fraction of sp³-hybridized carbons (Fsp3) is 0.429. The van der Waals surface area contributed by atoms with E-state index in [1.165, 1.54) is 0 Å². The summed E-state index contributed by atoms with van der Waals surface area (Å²) in [6.07, 6.45) is -0.0952. The summed E-state index contributed by atoms with van der Waals surface area (Å²) in [7, 11) is 0. The minimum atomic E-state index is -1.83. The predicted octanol–water partition coefficient (Wildman–Crippen LogP) is 3.26. The van der Waals surface area contributed by atoms with Crippen LogP contribution in [0.3, 0.4) is 0 Å². The lowest BCUT2D eigenvalue weighted by atomic mass is 10.2. The van der Waals surface area contributed by atoms with Crippen LogP contribution in [0.5, 0.6) is 5.75 Å². The quantitative estimate of drug-likeness (QED) is 0.779. The van der Waals surface area contributed by atoms with Gasteiger partial charge >= 0.3 is 12.1 Å². The van der Waals surface area contributed by atoms with Gasteiger partial charge in [-0.05, 0) is 25.0 Å². The summed E-state index contributed by atoms with van der Waals surface area (Å²) in [6, 6.07) is 7.17. The normalized spacial score (nSPS) is 9.10. The van der Waals surface area contributed by atoms with Crippen molar-refractivity contribution < 1.29 is 29.3 Å². The fourth-order valence-electron chi connectivity index (χ4n) is 1.25. The Morgan fingerprint density at radius 2 is 1.60 bits per heavy atom. The Morgan fingerprint density at radius 1 is 1.05 bits per heavy atom. The van der Waals surface area contributed by atoms with Gasteiger partial charge in [-0.25, -0.2) is 9.59 Å². The summed E-state index contributed by atoms with van der Waals surface area (Å²) < 4.78 is 10.6. The van der Waals surface area contributed by atoms with E-state index in [1.807, 2.05) is 19.9 Å². The molecular weight excluding hydrogens is 264 g/mol. The number of hydrogen-bond donors (Lipinski definition) is 2. The number of esters is 1. The van der Waals surface area contributed by atoms with Crippen molar-refractivity contribution in [3.63, 3.8) is 0 Å². The summed E-state index contributed by atoms with van der Waals surface area (Å²) in [4.78, 5) is 20.2. The lowest BCUT2D eigenvalue weighted by Crippen LogP contribution is -2.08. The summed E-state index contributed by atoms with van der Waals surface area (Å²) in [5, 5.41) is 13.9. The van der Waals surface area contributed by atoms with Crippen molar-refractivity contribution in [3.8, 4) is 5.75 Å². The molecule has 6 nitrogen and oxygen atoms in total. The highest BCUT2D eigenvalue weighted by Crippen LogP contribution is 2.19. The standard InChI is InChI=1S/C13H18O3.CH2O3/c1-3-9-15-12-8-6-5-7-11(12)13(14)16-10-4-2;2-1(3)4/h5-8H,3-4,9-10H2,1-2H3;(H2,2,3,4). The topological polar surface area (TPSA) is 93.1 Å². The minimum absolute atomic E-state index is 0.312. The first kappa shape index (κ1) is 17.8. The van der Waals surface area contributed by atoms with Crippen molar-refractivity contribution >= 4 is 12.1 Å². The van der Waals surface area contributed by atoms with E-state index in [1.54, 1.807) is 18.2 Å². The van der Waals surface area contributed by atoms with E-state index in [-0.39, 0.29) is 5.97 Å². The Morgan fingerprint density at radius 3 is 2.15 bits per heavy atom. The lowest BCUT2D eigenvalue weighted by Gasteiger charge is -2.09. The lowest BCUT2D eigenvalue weighted by molar-refractivity contribution is 0.0500. The average molecular weight is 284 g/mol. The molecule has 1 aromatic rings. The third-order valence-electron chi connectivity index (χ3n) is 2.01. The van der Waals surface area contributed by atoms with Gasteiger partial charge < -0.3 is 19.7 Å². The third kappa shape index (κ3) is 7.97. The molecule has 0 radical (unpaired) electrons. The molecule has 0 saturated carbocycles. The smallest absolute Gasteiger partial charge is 0.493 e. The molecule has 0 unspecified atom stereocenters. The van der Waals surface area contributed by atoms with Crippen molar-refractivity contribution in [1.82, 2.24) is 0 Å². The van der Waals surface area contributed by atoms with Gasteiger partial charge in [-0.1, -0.05) is 26.0 Å². The van der Waals surface area contributed by atoms with E-state index in [9.17, 15) is 4.79 Å². The van der Waals surface area contributed by atoms with Gasteiger partial charge in [0.15, 0.2) is 0 Å². The summed E-state index contributed by atoms with van der Waals surface area (Å²) >= 11 is 0. The molecular formula is C14H20O6. The van der Waals surface area contributed by atoms with Crippen molar-refractivity contribution in [2.45, 2.75) is 26.7 Å². The Balaban J connectivity index is 0.000000796. The van der Waals surface area contributed by atoms with E-state index < -0.39 is 6.16 Å². The highest BCUT2D eigenvalue weighted by molar-refractivity contribution is 5.92. The van der Waals surface area contributed by atoms with Crippen LogP contribution in [0.25, 0.3) is 0 Å². The van der Waals surface area contributed by atoms with E-state index >= 15 is 0 Å². The number of carbonyl (C=O) groups excluding carboxylic acids is 1. The predicted molar refractivity (Wildman–Crippen MR) is 73.5 cm³/mol. The summed E-state index contributed by atoms with van der Waals surface area (Å²) in [5.41, 5.74) is 0.504. The Kier molecular flexibility index (Phi) is 9.47. The van der Waals surface area contributed by atoms with Crippen LogP contribution in [-0.4, -0.2) is 35.6 Å². The largest absolute Gasteiger partial charge is 0.503 e. The van der Waals surface area contributed by atoms with Crippen LogP contribution >= 0.6 is 0 Å². The van der Waals surface area contributed by atoms with Gasteiger partial charge in [0.2, 0.25) is 0 Å². The second-order valence-corrected chi connectivity index (χ2v) is 3.76. The fourth-order valence-corrected chi connectivity index (χ4v) is 1.25. The van der Waals surface area contributed by atoms with Crippen molar-refractivity contribution in [2.75, 3.05) is 13.2 Å². The molecule has 1 rings (SSSR count). The van der Waals surface area contributed by atoms with Gasteiger partial charge in [0.25, 0.3) is 0 Å². The first-order valence-corrected chi connectivity index (χ1v) is 6.33. The van der Waals surface area contributed by atoms with Crippen LogP contribution < -0.4 is 4.74 Å². The molecule has 0 bridgehead atoms. The van der Waals surface area contributed by atoms with Crippen LogP contribution in [0.1, 0.15) is 37.0 Å². The molecule has 2 N–H and O–H groups in total. The number of hydrogen-bond acceptors (Lipinski definition) is 4. The van der Waals surface area contributed by atoms with E-state index in [4.69, 9.17) is 24.5 Å². The van der Waals surface area contributed by atoms with Crippen LogP contribution in [0.15, 0.2) is 24.3 Å². The van der Waals surface area contributed by atoms with Crippen LogP contribution in [0.2, 0.25) is 0 Å². The van der Waals surface area contributed by atoms with Gasteiger partial charge in [0.1, 0.15) is 11.3 Å².